The Morgan fingerprint density at radius 2 is 2.33 bits per heavy atom. The molecule has 2 atom stereocenters. The number of fused-ring (bicyclic) bond motifs is 1. The Morgan fingerprint density at radius 3 is 3.14 bits per heavy atom. The van der Waals surface area contributed by atoms with Gasteiger partial charge in [0, 0.05) is 38.3 Å². The number of aromatic nitrogens is 2. The molecule has 6 nitrogen and oxygen atoms in total. The minimum Gasteiger partial charge on any atom is -0.389 e. The minimum absolute atomic E-state index is 0.0293. The highest BCUT2D eigenvalue weighted by Gasteiger charge is 2.43. The maximum Gasteiger partial charge on any atom is 0.274 e. The molecule has 1 aromatic heterocycles. The van der Waals surface area contributed by atoms with Crippen LogP contribution in [0.5, 0.6) is 0 Å². The van der Waals surface area contributed by atoms with Crippen molar-refractivity contribution in [3.63, 3.8) is 0 Å². The predicted octanol–water partition coefficient (Wildman–Crippen LogP) is 0.609. The minimum atomic E-state index is -0.548. The topological polar surface area (TPSA) is 84.4 Å². The average molecular weight is 292 g/mol. The lowest BCUT2D eigenvalue weighted by molar-refractivity contribution is -0.0886. The maximum absolute atomic E-state index is 12.5. The van der Waals surface area contributed by atoms with Crippen molar-refractivity contribution in [1.29, 1.82) is 0 Å². The number of hydrogen-bond acceptors (Lipinski definition) is 4. The first-order valence-electron chi connectivity index (χ1n) is 7.86. The molecule has 1 aliphatic carbocycles. The van der Waals surface area contributed by atoms with Gasteiger partial charge in [0.25, 0.3) is 5.91 Å². The highest BCUT2D eigenvalue weighted by atomic mass is 16.3. The molecule has 2 aliphatic rings. The number of likely N-dealkylation sites (tertiary alicyclic amines) is 1. The van der Waals surface area contributed by atoms with Gasteiger partial charge in [0.15, 0.2) is 0 Å². The fourth-order valence-corrected chi connectivity index (χ4v) is 3.66. The van der Waals surface area contributed by atoms with E-state index in [9.17, 15) is 9.90 Å². The van der Waals surface area contributed by atoms with E-state index in [0.717, 1.165) is 25.7 Å². The number of aliphatic hydroxyl groups is 1. The van der Waals surface area contributed by atoms with Crippen LogP contribution in [0.4, 0.5) is 0 Å². The molecule has 2 unspecified atom stereocenters. The normalized spacial score (nSPS) is 29.2. The number of piperidine rings is 1. The monoisotopic (exact) mass is 292 g/mol. The predicted molar refractivity (Wildman–Crippen MR) is 78.7 cm³/mol. The summed E-state index contributed by atoms with van der Waals surface area (Å²) in [6.07, 6.45) is 8.25. The largest absolute Gasteiger partial charge is 0.389 e. The Hall–Kier alpha value is -1.40. The Labute approximate surface area is 124 Å². The molecule has 116 valence electrons. The number of nitrogens with zero attached hydrogens (tertiary/aromatic N) is 3. The van der Waals surface area contributed by atoms with Crippen LogP contribution >= 0.6 is 0 Å². The lowest BCUT2D eigenvalue weighted by Gasteiger charge is -2.47. The van der Waals surface area contributed by atoms with Gasteiger partial charge in [-0.15, -0.1) is 0 Å². The molecular formula is C15H24N4O2. The van der Waals surface area contributed by atoms with Crippen LogP contribution < -0.4 is 5.73 Å². The Morgan fingerprint density at radius 1 is 1.48 bits per heavy atom. The van der Waals surface area contributed by atoms with Crippen molar-refractivity contribution in [1.82, 2.24) is 14.5 Å². The molecule has 2 fully saturated rings. The second-order valence-corrected chi connectivity index (χ2v) is 6.33. The second-order valence-electron chi connectivity index (χ2n) is 6.33. The van der Waals surface area contributed by atoms with Crippen LogP contribution in [0.3, 0.4) is 0 Å². The summed E-state index contributed by atoms with van der Waals surface area (Å²) >= 11 is 0. The van der Waals surface area contributed by atoms with Gasteiger partial charge >= 0.3 is 0 Å². The number of imidazole rings is 1. The van der Waals surface area contributed by atoms with Crippen molar-refractivity contribution in [2.24, 2.45) is 11.7 Å². The van der Waals surface area contributed by atoms with E-state index in [4.69, 9.17) is 5.73 Å². The number of rotatable bonds is 3. The average Bonchev–Trinajstić information content (AvgIpc) is 2.94. The highest BCUT2D eigenvalue weighted by Crippen LogP contribution is 2.39. The van der Waals surface area contributed by atoms with Crippen molar-refractivity contribution in [3.05, 3.63) is 18.2 Å². The van der Waals surface area contributed by atoms with Gasteiger partial charge in [0.1, 0.15) is 5.69 Å². The van der Waals surface area contributed by atoms with Gasteiger partial charge in [0.05, 0.1) is 11.9 Å². The smallest absolute Gasteiger partial charge is 0.274 e. The van der Waals surface area contributed by atoms with E-state index >= 15 is 0 Å². The van der Waals surface area contributed by atoms with Crippen molar-refractivity contribution >= 4 is 5.91 Å². The summed E-state index contributed by atoms with van der Waals surface area (Å²) in [4.78, 5) is 18.6. The summed E-state index contributed by atoms with van der Waals surface area (Å²) in [6.45, 7) is 2.47. The van der Waals surface area contributed by atoms with Gasteiger partial charge in [-0.05, 0) is 19.3 Å². The quantitative estimate of drug-likeness (QED) is 0.855. The molecule has 1 amide bonds. The Bertz CT molecular complexity index is 516. The fourth-order valence-electron chi connectivity index (χ4n) is 3.66. The van der Waals surface area contributed by atoms with E-state index in [-0.39, 0.29) is 11.8 Å². The van der Waals surface area contributed by atoms with Gasteiger partial charge in [-0.1, -0.05) is 12.8 Å². The van der Waals surface area contributed by atoms with Crippen LogP contribution in [-0.2, 0) is 6.54 Å². The standard InChI is InChI=1S/C15H24N4O2/c16-6-8-18-10-13(17-11-18)14(20)19-7-5-15(21)4-2-1-3-12(15)9-19/h10-12,21H,1-9,16H2. The molecule has 1 aromatic rings. The first-order valence-corrected chi connectivity index (χ1v) is 7.86. The molecule has 1 saturated heterocycles. The van der Waals surface area contributed by atoms with Gasteiger partial charge in [-0.2, -0.15) is 0 Å². The van der Waals surface area contributed by atoms with E-state index in [2.05, 4.69) is 4.98 Å². The summed E-state index contributed by atoms with van der Waals surface area (Å²) in [5.41, 5.74) is 5.43. The Kier molecular flexibility index (Phi) is 3.99. The lowest BCUT2D eigenvalue weighted by Crippen LogP contribution is -2.54. The van der Waals surface area contributed by atoms with Crippen molar-refractivity contribution < 1.29 is 9.90 Å². The molecule has 0 radical (unpaired) electrons. The Balaban J connectivity index is 1.68. The molecular weight excluding hydrogens is 268 g/mol. The first kappa shape index (κ1) is 14.5. The third-order valence-electron chi connectivity index (χ3n) is 4.95. The summed E-state index contributed by atoms with van der Waals surface area (Å²) in [5, 5.41) is 10.7. The zero-order valence-corrected chi connectivity index (χ0v) is 12.4. The van der Waals surface area contributed by atoms with Crippen LogP contribution in [0.15, 0.2) is 12.5 Å². The van der Waals surface area contributed by atoms with Gasteiger partial charge in [-0.25, -0.2) is 4.98 Å². The molecule has 3 N–H and O–H groups in total. The van der Waals surface area contributed by atoms with E-state index in [0.29, 0.717) is 38.3 Å². The number of nitrogens with two attached hydrogens (primary N) is 1. The van der Waals surface area contributed by atoms with Crippen LogP contribution in [0.25, 0.3) is 0 Å². The van der Waals surface area contributed by atoms with Gasteiger partial charge in [-0.3, -0.25) is 4.79 Å². The van der Waals surface area contributed by atoms with Gasteiger partial charge < -0.3 is 20.3 Å². The second kappa shape index (κ2) is 5.77. The molecule has 6 heteroatoms. The molecule has 1 aliphatic heterocycles. The first-order chi connectivity index (χ1) is 10.1. The molecule has 1 saturated carbocycles. The van der Waals surface area contributed by atoms with E-state index in [1.807, 2.05) is 9.47 Å². The zero-order chi connectivity index (χ0) is 14.9. The maximum atomic E-state index is 12.5. The van der Waals surface area contributed by atoms with Crippen LogP contribution in [0.1, 0.15) is 42.6 Å². The third-order valence-corrected chi connectivity index (χ3v) is 4.95. The summed E-state index contributed by atoms with van der Waals surface area (Å²) in [7, 11) is 0. The molecule has 21 heavy (non-hydrogen) atoms. The van der Waals surface area contributed by atoms with Crippen molar-refractivity contribution in [3.8, 4) is 0 Å². The molecule has 2 heterocycles. The molecule has 0 bridgehead atoms. The van der Waals surface area contributed by atoms with Crippen molar-refractivity contribution in [2.75, 3.05) is 19.6 Å². The van der Waals surface area contributed by atoms with E-state index < -0.39 is 5.60 Å². The number of amides is 1. The van der Waals surface area contributed by atoms with Crippen LogP contribution in [0, 0.1) is 5.92 Å². The summed E-state index contributed by atoms with van der Waals surface area (Å²) < 4.78 is 1.84. The van der Waals surface area contributed by atoms with Crippen LogP contribution in [-0.4, -0.2) is 50.7 Å². The molecule has 0 aromatic carbocycles. The highest BCUT2D eigenvalue weighted by molar-refractivity contribution is 5.92. The third kappa shape index (κ3) is 2.82. The fraction of sp³-hybridized carbons (Fsp3) is 0.733. The van der Waals surface area contributed by atoms with E-state index in [1.54, 1.807) is 12.5 Å². The number of carbonyl (C=O) groups excluding carboxylic acids is 1. The summed E-state index contributed by atoms with van der Waals surface area (Å²) in [6, 6.07) is 0. The number of hydrogen-bond donors (Lipinski definition) is 2. The summed E-state index contributed by atoms with van der Waals surface area (Å²) in [5.74, 6) is 0.188. The zero-order valence-electron chi connectivity index (χ0n) is 12.4. The molecule has 3 rings (SSSR count). The van der Waals surface area contributed by atoms with Gasteiger partial charge in [0.2, 0.25) is 0 Å². The van der Waals surface area contributed by atoms with Crippen LogP contribution in [0.2, 0.25) is 0 Å². The SMILES string of the molecule is NCCn1cnc(C(=O)N2CCC3(O)CCCCC3C2)c1. The van der Waals surface area contributed by atoms with E-state index in [1.165, 1.54) is 0 Å². The molecule has 0 spiro atoms. The lowest BCUT2D eigenvalue weighted by atomic mass is 9.71. The van der Waals surface area contributed by atoms with Crippen molar-refractivity contribution in [2.45, 2.75) is 44.2 Å². The number of carbonyl (C=O) groups is 1.